The van der Waals surface area contributed by atoms with Crippen LogP contribution >= 0.6 is 0 Å². The fraction of sp³-hybridized carbons (Fsp3) is 0.529. The molecule has 3 nitrogen and oxygen atoms in total. The first-order valence-corrected chi connectivity index (χ1v) is 7.19. The van der Waals surface area contributed by atoms with Crippen LogP contribution in [-0.2, 0) is 0 Å². The molecule has 1 N–H and O–H groups in total. The summed E-state index contributed by atoms with van der Waals surface area (Å²) >= 11 is 0. The number of allylic oxidation sites excluding steroid dienone is 1. The zero-order valence-corrected chi connectivity index (χ0v) is 13.3. The van der Waals surface area contributed by atoms with Crippen LogP contribution in [0.1, 0.15) is 32.8 Å². The molecule has 1 aromatic rings. The molecule has 0 aliphatic heterocycles. The summed E-state index contributed by atoms with van der Waals surface area (Å²) < 4.78 is 10.9. The molecular weight excluding hydrogens is 250 g/mol. The number of methoxy groups -OCH3 is 2. The molecule has 20 heavy (non-hydrogen) atoms. The molecule has 1 rings (SSSR count). The quantitative estimate of drug-likeness (QED) is 0.734. The molecule has 0 fully saturated rings. The monoisotopic (exact) mass is 277 g/mol. The van der Waals surface area contributed by atoms with Crippen molar-refractivity contribution in [2.75, 3.05) is 27.3 Å². The topological polar surface area (TPSA) is 30.5 Å². The SMILES string of the molecule is COc1cccc(OC)c1/C(C)=C/CCNCC(C)C. The number of ether oxygens (including phenoxy) is 2. The van der Waals surface area contributed by atoms with Crippen LogP contribution in [0.3, 0.4) is 0 Å². The molecule has 0 aliphatic rings. The average Bonchev–Trinajstić information content (AvgIpc) is 2.45. The third kappa shape index (κ3) is 4.89. The highest BCUT2D eigenvalue weighted by atomic mass is 16.5. The fourth-order valence-electron chi connectivity index (χ4n) is 2.12. The Balaban J connectivity index is 2.72. The van der Waals surface area contributed by atoms with Gasteiger partial charge in [0.1, 0.15) is 11.5 Å². The first kappa shape index (κ1) is 16.6. The second-order valence-corrected chi connectivity index (χ2v) is 5.31. The molecule has 0 atom stereocenters. The largest absolute Gasteiger partial charge is 0.496 e. The molecule has 0 unspecified atom stereocenters. The third-order valence-corrected chi connectivity index (χ3v) is 3.15. The molecule has 0 bridgehead atoms. The zero-order chi connectivity index (χ0) is 15.0. The van der Waals surface area contributed by atoms with E-state index in [4.69, 9.17) is 9.47 Å². The number of rotatable bonds is 8. The van der Waals surface area contributed by atoms with Crippen molar-refractivity contribution in [3.8, 4) is 11.5 Å². The maximum atomic E-state index is 5.43. The summed E-state index contributed by atoms with van der Waals surface area (Å²) in [5, 5.41) is 3.44. The highest BCUT2D eigenvalue weighted by Crippen LogP contribution is 2.34. The van der Waals surface area contributed by atoms with Crippen molar-refractivity contribution in [1.29, 1.82) is 0 Å². The van der Waals surface area contributed by atoms with Crippen LogP contribution < -0.4 is 14.8 Å². The predicted octanol–water partition coefficient (Wildman–Crippen LogP) is 3.74. The average molecular weight is 277 g/mol. The van der Waals surface area contributed by atoms with E-state index in [1.807, 2.05) is 18.2 Å². The van der Waals surface area contributed by atoms with Crippen molar-refractivity contribution in [2.45, 2.75) is 27.2 Å². The van der Waals surface area contributed by atoms with Gasteiger partial charge in [0, 0.05) is 0 Å². The summed E-state index contributed by atoms with van der Waals surface area (Å²) in [5.41, 5.74) is 2.23. The van der Waals surface area contributed by atoms with Crippen molar-refractivity contribution >= 4 is 5.57 Å². The summed E-state index contributed by atoms with van der Waals surface area (Å²) in [6.07, 6.45) is 3.23. The van der Waals surface area contributed by atoms with E-state index in [1.165, 1.54) is 5.57 Å². The van der Waals surface area contributed by atoms with Gasteiger partial charge in [-0.2, -0.15) is 0 Å². The van der Waals surface area contributed by atoms with Gasteiger partial charge in [0.05, 0.1) is 19.8 Å². The molecule has 112 valence electrons. The van der Waals surface area contributed by atoms with Crippen LogP contribution in [0.2, 0.25) is 0 Å². The van der Waals surface area contributed by atoms with Gasteiger partial charge in [0.15, 0.2) is 0 Å². The Labute approximate surface area is 123 Å². The number of benzene rings is 1. The molecule has 1 aromatic carbocycles. The second kappa shape index (κ2) is 8.64. The Morgan fingerprint density at radius 1 is 1.20 bits per heavy atom. The highest BCUT2D eigenvalue weighted by molar-refractivity contribution is 5.74. The van der Waals surface area contributed by atoms with Gasteiger partial charge in [0.25, 0.3) is 0 Å². The minimum Gasteiger partial charge on any atom is -0.496 e. The molecule has 0 amide bonds. The van der Waals surface area contributed by atoms with Gasteiger partial charge >= 0.3 is 0 Å². The van der Waals surface area contributed by atoms with Gasteiger partial charge in [-0.05, 0) is 50.1 Å². The van der Waals surface area contributed by atoms with E-state index in [0.29, 0.717) is 5.92 Å². The van der Waals surface area contributed by atoms with E-state index < -0.39 is 0 Å². The molecule has 3 heteroatoms. The van der Waals surface area contributed by atoms with Crippen molar-refractivity contribution in [2.24, 2.45) is 5.92 Å². The second-order valence-electron chi connectivity index (χ2n) is 5.31. The smallest absolute Gasteiger partial charge is 0.130 e. The van der Waals surface area contributed by atoms with Gasteiger partial charge in [-0.1, -0.05) is 26.0 Å². The summed E-state index contributed by atoms with van der Waals surface area (Å²) in [4.78, 5) is 0. The van der Waals surface area contributed by atoms with E-state index in [2.05, 4.69) is 32.2 Å². The first-order chi connectivity index (χ1) is 9.60. The molecule has 0 radical (unpaired) electrons. The van der Waals surface area contributed by atoms with Crippen molar-refractivity contribution in [3.05, 3.63) is 29.8 Å². The van der Waals surface area contributed by atoms with Gasteiger partial charge in [0.2, 0.25) is 0 Å². The molecule has 0 aromatic heterocycles. The normalized spacial score (nSPS) is 11.8. The van der Waals surface area contributed by atoms with Crippen LogP contribution in [0.5, 0.6) is 11.5 Å². The molecular formula is C17H27NO2. The van der Waals surface area contributed by atoms with E-state index >= 15 is 0 Å². The minimum absolute atomic E-state index is 0.689. The van der Waals surface area contributed by atoms with E-state index in [9.17, 15) is 0 Å². The van der Waals surface area contributed by atoms with Crippen LogP contribution in [0.4, 0.5) is 0 Å². The minimum atomic E-state index is 0.689. The third-order valence-electron chi connectivity index (χ3n) is 3.15. The summed E-state index contributed by atoms with van der Waals surface area (Å²) in [6, 6.07) is 5.87. The molecule has 0 saturated carbocycles. The van der Waals surface area contributed by atoms with Crippen molar-refractivity contribution < 1.29 is 9.47 Å². The maximum absolute atomic E-state index is 5.43. The highest BCUT2D eigenvalue weighted by Gasteiger charge is 2.10. The van der Waals surface area contributed by atoms with E-state index in [1.54, 1.807) is 14.2 Å². The van der Waals surface area contributed by atoms with E-state index in [0.717, 1.165) is 36.6 Å². The van der Waals surface area contributed by atoms with Crippen LogP contribution in [0.15, 0.2) is 24.3 Å². The van der Waals surface area contributed by atoms with Gasteiger partial charge < -0.3 is 14.8 Å². The van der Waals surface area contributed by atoms with Crippen molar-refractivity contribution in [1.82, 2.24) is 5.32 Å². The number of nitrogens with one attached hydrogen (secondary N) is 1. The lowest BCUT2D eigenvalue weighted by Crippen LogP contribution is -2.20. The Bertz CT molecular complexity index is 416. The van der Waals surface area contributed by atoms with Gasteiger partial charge in [-0.15, -0.1) is 0 Å². The predicted molar refractivity (Wildman–Crippen MR) is 85.5 cm³/mol. The van der Waals surface area contributed by atoms with Gasteiger partial charge in [-0.25, -0.2) is 0 Å². The Morgan fingerprint density at radius 2 is 1.80 bits per heavy atom. The fourth-order valence-corrected chi connectivity index (χ4v) is 2.12. The van der Waals surface area contributed by atoms with Crippen LogP contribution in [0, 0.1) is 5.92 Å². The molecule has 0 saturated heterocycles. The van der Waals surface area contributed by atoms with Crippen LogP contribution in [0.25, 0.3) is 5.57 Å². The van der Waals surface area contributed by atoms with Gasteiger partial charge in [-0.3, -0.25) is 0 Å². The lowest BCUT2D eigenvalue weighted by molar-refractivity contribution is 0.392. The Hall–Kier alpha value is -1.48. The molecule has 0 heterocycles. The zero-order valence-electron chi connectivity index (χ0n) is 13.3. The lowest BCUT2D eigenvalue weighted by Gasteiger charge is -2.13. The van der Waals surface area contributed by atoms with Crippen molar-refractivity contribution in [3.63, 3.8) is 0 Å². The Morgan fingerprint density at radius 3 is 2.30 bits per heavy atom. The lowest BCUT2D eigenvalue weighted by atomic mass is 10.0. The Kier molecular flexibility index (Phi) is 7.16. The molecule has 0 spiro atoms. The maximum Gasteiger partial charge on any atom is 0.130 e. The van der Waals surface area contributed by atoms with E-state index in [-0.39, 0.29) is 0 Å². The summed E-state index contributed by atoms with van der Waals surface area (Å²) in [5.74, 6) is 2.40. The first-order valence-electron chi connectivity index (χ1n) is 7.19. The summed E-state index contributed by atoms with van der Waals surface area (Å²) in [7, 11) is 3.38. The number of hydrogen-bond donors (Lipinski definition) is 1. The standard InChI is InChI=1S/C17H27NO2/c1-13(2)12-18-11-7-8-14(3)17-15(19-4)9-6-10-16(17)20-5/h6,8-10,13,18H,7,11-12H2,1-5H3/b14-8+. The molecule has 0 aliphatic carbocycles. The number of hydrogen-bond acceptors (Lipinski definition) is 3. The summed E-state index contributed by atoms with van der Waals surface area (Å²) in [6.45, 7) is 8.59. The van der Waals surface area contributed by atoms with Crippen LogP contribution in [-0.4, -0.2) is 27.3 Å².